The van der Waals surface area contributed by atoms with Gasteiger partial charge in [-0.05, 0) is 60.9 Å². The number of aromatic nitrogens is 4. The summed E-state index contributed by atoms with van der Waals surface area (Å²) in [6.07, 6.45) is 5.80. The third kappa shape index (κ3) is 4.96. The monoisotopic (exact) mass is 473 g/mol. The average Bonchev–Trinajstić information content (AvgIpc) is 3.52. The van der Waals surface area contributed by atoms with Gasteiger partial charge >= 0.3 is 0 Å². The van der Waals surface area contributed by atoms with Crippen LogP contribution in [0.5, 0.6) is 0 Å². The molecule has 1 fully saturated rings. The standard InChI is InChI=1S/C25H24FN7O2/c26-17-9-14(10-19(11-17)31-18-7-5-15(6-8-18)22(27)34)12-28-25(35)21-20-24(30-13-29-21)33-23(32-20)16-3-1-2-4-16/h5-11,13,16,31H,1-4,12H2,(H2,27,34)(H,28,35)(H,29,30,32,33). The van der Waals surface area contributed by atoms with E-state index < -0.39 is 17.6 Å². The predicted octanol–water partition coefficient (Wildman–Crippen LogP) is 3.92. The molecule has 10 heteroatoms. The number of aromatic amines is 1. The number of hydrogen-bond donors (Lipinski definition) is 4. The van der Waals surface area contributed by atoms with Gasteiger partial charge in [0.1, 0.15) is 23.5 Å². The van der Waals surface area contributed by atoms with E-state index in [0.717, 1.165) is 18.7 Å². The van der Waals surface area contributed by atoms with Crippen LogP contribution in [-0.4, -0.2) is 31.8 Å². The summed E-state index contributed by atoms with van der Waals surface area (Å²) in [4.78, 5) is 40.3. The molecule has 0 spiro atoms. The minimum absolute atomic E-state index is 0.0982. The van der Waals surface area contributed by atoms with Gasteiger partial charge in [-0.1, -0.05) is 12.8 Å². The molecule has 1 aliphatic carbocycles. The van der Waals surface area contributed by atoms with E-state index in [0.29, 0.717) is 39.6 Å². The highest BCUT2D eigenvalue weighted by molar-refractivity contribution is 6.02. The Morgan fingerprint density at radius 1 is 1.06 bits per heavy atom. The summed E-state index contributed by atoms with van der Waals surface area (Å²) >= 11 is 0. The molecule has 9 nitrogen and oxygen atoms in total. The summed E-state index contributed by atoms with van der Waals surface area (Å²) in [6.45, 7) is 0.0982. The van der Waals surface area contributed by atoms with E-state index in [-0.39, 0.29) is 12.2 Å². The summed E-state index contributed by atoms with van der Waals surface area (Å²) in [7, 11) is 0. The minimum atomic E-state index is -0.522. The number of imidazole rings is 1. The van der Waals surface area contributed by atoms with Crippen molar-refractivity contribution in [3.63, 3.8) is 0 Å². The Bertz CT molecular complexity index is 1390. The van der Waals surface area contributed by atoms with Gasteiger partial charge in [-0.15, -0.1) is 0 Å². The fourth-order valence-corrected chi connectivity index (χ4v) is 4.39. The second-order valence-corrected chi connectivity index (χ2v) is 8.62. The van der Waals surface area contributed by atoms with E-state index >= 15 is 0 Å². The number of carbonyl (C=O) groups is 2. The number of rotatable bonds is 7. The normalized spacial score (nSPS) is 13.7. The highest BCUT2D eigenvalue weighted by Gasteiger charge is 2.23. The zero-order chi connectivity index (χ0) is 24.4. The number of hydrogen-bond acceptors (Lipinski definition) is 6. The van der Waals surface area contributed by atoms with Gasteiger partial charge in [0, 0.05) is 29.4 Å². The van der Waals surface area contributed by atoms with Gasteiger partial charge in [-0.2, -0.15) is 0 Å². The van der Waals surface area contributed by atoms with Crippen LogP contribution >= 0.6 is 0 Å². The molecule has 5 N–H and O–H groups in total. The van der Waals surface area contributed by atoms with Gasteiger partial charge in [0.15, 0.2) is 11.3 Å². The molecule has 4 aromatic rings. The summed E-state index contributed by atoms with van der Waals surface area (Å²) in [6, 6.07) is 11.0. The van der Waals surface area contributed by atoms with Crippen LogP contribution in [0.1, 0.15) is 63.8 Å². The van der Waals surface area contributed by atoms with E-state index in [2.05, 4.69) is 30.6 Å². The predicted molar refractivity (Wildman–Crippen MR) is 129 cm³/mol. The van der Waals surface area contributed by atoms with Crippen LogP contribution in [0.2, 0.25) is 0 Å². The molecule has 178 valence electrons. The number of anilines is 2. The molecule has 1 aliphatic rings. The van der Waals surface area contributed by atoms with Crippen molar-refractivity contribution in [2.24, 2.45) is 5.73 Å². The quantitative estimate of drug-likeness (QED) is 0.321. The number of nitrogens with two attached hydrogens (primary N) is 1. The molecule has 0 saturated heterocycles. The smallest absolute Gasteiger partial charge is 0.272 e. The van der Waals surface area contributed by atoms with Crippen molar-refractivity contribution in [3.05, 3.63) is 77.3 Å². The van der Waals surface area contributed by atoms with Gasteiger partial charge in [0.25, 0.3) is 5.91 Å². The number of nitrogens with one attached hydrogen (secondary N) is 3. The van der Waals surface area contributed by atoms with Crippen molar-refractivity contribution in [1.82, 2.24) is 25.3 Å². The van der Waals surface area contributed by atoms with Crippen LogP contribution in [0, 0.1) is 5.82 Å². The Kier molecular flexibility index (Phi) is 6.09. The van der Waals surface area contributed by atoms with Crippen molar-refractivity contribution in [2.75, 3.05) is 5.32 Å². The van der Waals surface area contributed by atoms with Crippen molar-refractivity contribution in [1.29, 1.82) is 0 Å². The first-order chi connectivity index (χ1) is 17.0. The van der Waals surface area contributed by atoms with Gasteiger partial charge < -0.3 is 21.4 Å². The first-order valence-corrected chi connectivity index (χ1v) is 11.4. The van der Waals surface area contributed by atoms with Crippen molar-refractivity contribution >= 4 is 34.4 Å². The van der Waals surface area contributed by atoms with E-state index in [9.17, 15) is 14.0 Å². The Labute approximate surface area is 200 Å². The van der Waals surface area contributed by atoms with E-state index in [1.54, 1.807) is 30.3 Å². The van der Waals surface area contributed by atoms with Crippen LogP contribution in [0.4, 0.5) is 15.8 Å². The highest BCUT2D eigenvalue weighted by atomic mass is 19.1. The number of nitrogens with zero attached hydrogens (tertiary/aromatic N) is 3. The Morgan fingerprint density at radius 3 is 2.57 bits per heavy atom. The van der Waals surface area contributed by atoms with Crippen LogP contribution in [0.25, 0.3) is 11.2 Å². The maximum atomic E-state index is 14.3. The van der Waals surface area contributed by atoms with Crippen molar-refractivity contribution < 1.29 is 14.0 Å². The SMILES string of the molecule is NC(=O)c1ccc(Nc2cc(F)cc(CNC(=O)c3ncnc4nc(C5CCCC5)[nH]c34)c2)cc1. The van der Waals surface area contributed by atoms with Crippen LogP contribution in [-0.2, 0) is 6.54 Å². The number of benzene rings is 2. The minimum Gasteiger partial charge on any atom is -0.366 e. The fourth-order valence-electron chi connectivity index (χ4n) is 4.39. The molecule has 2 heterocycles. The molecular weight excluding hydrogens is 449 g/mol. The zero-order valence-corrected chi connectivity index (χ0v) is 18.8. The molecular formula is C25H24FN7O2. The Balaban J connectivity index is 1.29. The summed E-state index contributed by atoms with van der Waals surface area (Å²) in [5.74, 6) is -0.180. The van der Waals surface area contributed by atoms with Gasteiger partial charge in [0.05, 0.1) is 0 Å². The summed E-state index contributed by atoms with van der Waals surface area (Å²) in [5, 5.41) is 5.89. The molecule has 2 aromatic carbocycles. The van der Waals surface area contributed by atoms with Gasteiger partial charge in [-0.3, -0.25) is 9.59 Å². The summed E-state index contributed by atoms with van der Waals surface area (Å²) < 4.78 is 14.3. The number of carbonyl (C=O) groups excluding carboxylic acids is 2. The lowest BCUT2D eigenvalue weighted by molar-refractivity contribution is 0.0946. The number of primary amides is 1. The van der Waals surface area contributed by atoms with Gasteiger partial charge in [0.2, 0.25) is 5.91 Å². The number of halogens is 1. The molecule has 1 saturated carbocycles. The van der Waals surface area contributed by atoms with Crippen molar-refractivity contribution in [3.8, 4) is 0 Å². The molecule has 0 unspecified atom stereocenters. The lowest BCUT2D eigenvalue weighted by Gasteiger charge is -2.10. The van der Waals surface area contributed by atoms with E-state index in [1.807, 2.05) is 0 Å². The second kappa shape index (κ2) is 9.49. The summed E-state index contributed by atoms with van der Waals surface area (Å²) in [5.41, 5.74) is 8.54. The molecule has 5 rings (SSSR count). The third-order valence-electron chi connectivity index (χ3n) is 6.13. The maximum absolute atomic E-state index is 14.3. The Morgan fingerprint density at radius 2 is 1.83 bits per heavy atom. The molecule has 2 amide bonds. The van der Waals surface area contributed by atoms with Crippen LogP contribution in [0.3, 0.4) is 0 Å². The number of amides is 2. The fraction of sp³-hybridized carbons (Fsp3) is 0.240. The molecule has 0 bridgehead atoms. The third-order valence-corrected chi connectivity index (χ3v) is 6.13. The first kappa shape index (κ1) is 22.5. The average molecular weight is 474 g/mol. The topological polar surface area (TPSA) is 139 Å². The molecule has 2 aromatic heterocycles. The lowest BCUT2D eigenvalue weighted by atomic mass is 10.1. The first-order valence-electron chi connectivity index (χ1n) is 11.4. The number of H-pyrrole nitrogens is 1. The Hall–Kier alpha value is -4.34. The lowest BCUT2D eigenvalue weighted by Crippen LogP contribution is -2.24. The maximum Gasteiger partial charge on any atom is 0.272 e. The number of fused-ring (bicyclic) bond motifs is 1. The van der Waals surface area contributed by atoms with E-state index in [4.69, 9.17) is 5.73 Å². The highest BCUT2D eigenvalue weighted by Crippen LogP contribution is 2.33. The van der Waals surface area contributed by atoms with Crippen LogP contribution in [0.15, 0.2) is 48.8 Å². The molecule has 0 aliphatic heterocycles. The largest absolute Gasteiger partial charge is 0.366 e. The molecule has 0 atom stereocenters. The zero-order valence-electron chi connectivity index (χ0n) is 18.8. The van der Waals surface area contributed by atoms with E-state index in [1.165, 1.54) is 31.3 Å². The van der Waals surface area contributed by atoms with Crippen molar-refractivity contribution in [2.45, 2.75) is 38.1 Å². The second-order valence-electron chi connectivity index (χ2n) is 8.62. The molecule has 0 radical (unpaired) electrons. The molecule has 35 heavy (non-hydrogen) atoms. The van der Waals surface area contributed by atoms with Gasteiger partial charge in [-0.25, -0.2) is 19.3 Å². The van der Waals surface area contributed by atoms with Crippen LogP contribution < -0.4 is 16.4 Å².